The number of esters is 1. The van der Waals surface area contributed by atoms with Crippen molar-refractivity contribution in [2.75, 3.05) is 0 Å². The molecule has 0 amide bonds. The first-order valence-electron chi connectivity index (χ1n) is 10.7. The molecule has 1 saturated carbocycles. The van der Waals surface area contributed by atoms with Crippen molar-refractivity contribution in [2.24, 2.45) is 5.92 Å². The van der Waals surface area contributed by atoms with E-state index in [9.17, 15) is 9.59 Å². The molecule has 0 spiro atoms. The Morgan fingerprint density at radius 2 is 1.90 bits per heavy atom. The highest BCUT2D eigenvalue weighted by Crippen LogP contribution is 2.32. The zero-order valence-electron chi connectivity index (χ0n) is 17.4. The van der Waals surface area contributed by atoms with E-state index in [4.69, 9.17) is 4.74 Å². The highest BCUT2D eigenvalue weighted by atomic mass is 32.1. The lowest BCUT2D eigenvalue weighted by atomic mass is 9.89. The Morgan fingerprint density at radius 3 is 2.71 bits per heavy atom. The van der Waals surface area contributed by atoms with Crippen molar-refractivity contribution >= 4 is 38.3 Å². The van der Waals surface area contributed by atoms with Crippen molar-refractivity contribution in [1.29, 1.82) is 0 Å². The fraction of sp³-hybridized carbons (Fsp3) is 0.320. The molecule has 1 aliphatic rings. The van der Waals surface area contributed by atoms with Crippen molar-refractivity contribution in [2.45, 2.75) is 45.3 Å². The van der Waals surface area contributed by atoms with Gasteiger partial charge in [-0.2, -0.15) is 0 Å². The molecule has 1 fully saturated rings. The quantitative estimate of drug-likeness (QED) is 0.405. The lowest BCUT2D eigenvalue weighted by Crippen LogP contribution is -2.29. The molecule has 1 aliphatic carbocycles. The van der Waals surface area contributed by atoms with Crippen LogP contribution >= 0.6 is 11.3 Å². The van der Waals surface area contributed by atoms with E-state index in [0.717, 1.165) is 47.6 Å². The van der Waals surface area contributed by atoms with Gasteiger partial charge in [-0.25, -0.2) is 4.98 Å². The van der Waals surface area contributed by atoms with Gasteiger partial charge in [-0.3, -0.25) is 14.2 Å². The van der Waals surface area contributed by atoms with Crippen molar-refractivity contribution in [3.8, 4) is 11.1 Å². The van der Waals surface area contributed by atoms with Gasteiger partial charge < -0.3 is 4.74 Å². The molecule has 0 unspecified atom stereocenters. The van der Waals surface area contributed by atoms with E-state index in [1.54, 1.807) is 0 Å². The fourth-order valence-corrected chi connectivity index (χ4v) is 5.27. The van der Waals surface area contributed by atoms with Crippen LogP contribution in [0.2, 0.25) is 0 Å². The lowest BCUT2D eigenvalue weighted by Gasteiger charge is -2.26. The van der Waals surface area contributed by atoms with E-state index < -0.39 is 0 Å². The molecule has 2 aromatic heterocycles. The molecule has 4 aromatic rings. The average Bonchev–Trinajstić information content (AvgIpc) is 3.22. The molecular weight excluding hydrogens is 408 g/mol. The normalized spacial score (nSPS) is 19.0. The van der Waals surface area contributed by atoms with Gasteiger partial charge in [-0.05, 0) is 54.0 Å². The van der Waals surface area contributed by atoms with Crippen LogP contribution in [0.15, 0.2) is 59.0 Å². The van der Waals surface area contributed by atoms with E-state index in [0.29, 0.717) is 16.1 Å². The maximum Gasteiger partial charge on any atom is 0.326 e. The Labute approximate surface area is 184 Å². The van der Waals surface area contributed by atoms with Gasteiger partial charge in [0.2, 0.25) is 0 Å². The highest BCUT2D eigenvalue weighted by Gasteiger charge is 2.22. The third-order valence-corrected chi connectivity index (χ3v) is 7.07. The van der Waals surface area contributed by atoms with E-state index in [1.807, 2.05) is 23.6 Å². The maximum absolute atomic E-state index is 13.2. The van der Waals surface area contributed by atoms with Crippen LogP contribution in [-0.4, -0.2) is 21.6 Å². The summed E-state index contributed by atoms with van der Waals surface area (Å²) in [6, 6.07) is 14.3. The Kier molecular flexibility index (Phi) is 5.32. The summed E-state index contributed by atoms with van der Waals surface area (Å²) in [4.78, 5) is 30.8. The number of carbonyl (C=O) groups is 1. The number of nitrogens with zero attached hydrogens (tertiary/aromatic N) is 2. The largest absolute Gasteiger partial charge is 0.461 e. The van der Waals surface area contributed by atoms with Gasteiger partial charge >= 0.3 is 5.97 Å². The number of aromatic nitrogens is 2. The van der Waals surface area contributed by atoms with Crippen molar-refractivity contribution in [3.05, 3.63) is 64.5 Å². The first-order chi connectivity index (χ1) is 15.1. The summed E-state index contributed by atoms with van der Waals surface area (Å²) in [5, 5.41) is 4.80. The zero-order chi connectivity index (χ0) is 21.4. The minimum Gasteiger partial charge on any atom is -0.461 e. The van der Waals surface area contributed by atoms with Crippen LogP contribution in [0.1, 0.15) is 32.6 Å². The Bertz CT molecular complexity index is 1320. The summed E-state index contributed by atoms with van der Waals surface area (Å²) in [5.74, 6) is 0.321. The van der Waals surface area contributed by atoms with Gasteiger partial charge in [0.25, 0.3) is 5.56 Å². The minimum atomic E-state index is -0.370. The molecule has 0 N–H and O–H groups in total. The second-order valence-corrected chi connectivity index (χ2v) is 9.30. The van der Waals surface area contributed by atoms with Crippen LogP contribution < -0.4 is 5.56 Å². The van der Waals surface area contributed by atoms with Crippen LogP contribution in [0.4, 0.5) is 0 Å². The molecule has 5 nitrogen and oxygen atoms in total. The third-order valence-electron chi connectivity index (χ3n) is 6.18. The number of ether oxygens (including phenoxy) is 1. The van der Waals surface area contributed by atoms with Crippen LogP contribution in [-0.2, 0) is 16.1 Å². The van der Waals surface area contributed by atoms with Gasteiger partial charge in [0.15, 0.2) is 0 Å². The Balaban J connectivity index is 1.44. The molecule has 0 aliphatic heterocycles. The number of carbonyl (C=O) groups excluding carboxylic acids is 1. The summed E-state index contributed by atoms with van der Waals surface area (Å²) >= 11 is 1.44. The predicted molar refractivity (Wildman–Crippen MR) is 124 cm³/mol. The van der Waals surface area contributed by atoms with Crippen molar-refractivity contribution in [1.82, 2.24) is 9.55 Å². The number of fused-ring (bicyclic) bond motifs is 2. The third kappa shape index (κ3) is 4.00. The maximum atomic E-state index is 13.2. The summed E-state index contributed by atoms with van der Waals surface area (Å²) in [7, 11) is 0. The molecule has 6 heteroatoms. The van der Waals surface area contributed by atoms with E-state index in [2.05, 4.69) is 36.2 Å². The second-order valence-electron chi connectivity index (χ2n) is 8.44. The summed E-state index contributed by atoms with van der Waals surface area (Å²) < 4.78 is 7.00. The molecule has 0 radical (unpaired) electrons. The van der Waals surface area contributed by atoms with Gasteiger partial charge in [0.1, 0.15) is 17.5 Å². The fourth-order valence-electron chi connectivity index (χ4n) is 4.36. The number of rotatable bonds is 4. The number of benzene rings is 2. The zero-order valence-corrected chi connectivity index (χ0v) is 18.2. The average molecular weight is 433 g/mol. The smallest absolute Gasteiger partial charge is 0.326 e. The Morgan fingerprint density at radius 1 is 1.13 bits per heavy atom. The predicted octanol–water partition coefficient (Wildman–Crippen LogP) is 5.40. The van der Waals surface area contributed by atoms with Crippen molar-refractivity contribution < 1.29 is 9.53 Å². The monoisotopic (exact) mass is 432 g/mol. The molecule has 2 aromatic carbocycles. The van der Waals surface area contributed by atoms with Crippen LogP contribution in [0.5, 0.6) is 0 Å². The molecule has 158 valence electrons. The number of thiophene rings is 1. The van der Waals surface area contributed by atoms with E-state index in [-0.39, 0.29) is 24.2 Å². The molecule has 0 bridgehead atoms. The number of hydrogen-bond acceptors (Lipinski definition) is 5. The second kappa shape index (κ2) is 8.27. The lowest BCUT2D eigenvalue weighted by molar-refractivity contribution is -0.151. The molecule has 2 heterocycles. The molecule has 0 saturated heterocycles. The molecular formula is C25H24N2O3S. The topological polar surface area (TPSA) is 61.2 Å². The van der Waals surface area contributed by atoms with Crippen LogP contribution in [0.25, 0.3) is 32.1 Å². The van der Waals surface area contributed by atoms with Crippen molar-refractivity contribution in [3.63, 3.8) is 0 Å². The summed E-state index contributed by atoms with van der Waals surface area (Å²) in [6.45, 7) is 2.12. The minimum absolute atomic E-state index is 0.0367. The molecule has 0 atom stereocenters. The summed E-state index contributed by atoms with van der Waals surface area (Å²) in [5.41, 5.74) is 1.62. The van der Waals surface area contributed by atoms with E-state index >= 15 is 0 Å². The highest BCUT2D eigenvalue weighted by molar-refractivity contribution is 7.17. The van der Waals surface area contributed by atoms with Gasteiger partial charge in [0, 0.05) is 10.9 Å². The number of hydrogen-bond donors (Lipinski definition) is 0. The Hall–Kier alpha value is -2.99. The molecule has 31 heavy (non-hydrogen) atoms. The SMILES string of the molecule is CC1CCC(OC(=O)Cn2cnc3scc(-c4ccc5ccccc5c4)c3c2=O)CC1. The first kappa shape index (κ1) is 19.9. The van der Waals surface area contributed by atoms with Crippen LogP contribution in [0, 0.1) is 5.92 Å². The van der Waals surface area contributed by atoms with E-state index in [1.165, 1.54) is 22.2 Å². The first-order valence-corrected chi connectivity index (χ1v) is 11.6. The summed E-state index contributed by atoms with van der Waals surface area (Å²) in [6.07, 6.45) is 5.37. The van der Waals surface area contributed by atoms with Crippen LogP contribution in [0.3, 0.4) is 0 Å². The molecule has 5 rings (SSSR count). The van der Waals surface area contributed by atoms with Gasteiger partial charge in [-0.1, -0.05) is 43.3 Å². The van der Waals surface area contributed by atoms with Gasteiger partial charge in [0.05, 0.1) is 11.7 Å². The standard InChI is InChI=1S/C25H24N2O3S/c1-16-6-10-20(11-7-16)30-22(28)13-27-15-26-24-23(25(27)29)21(14-31-24)19-9-8-17-4-2-3-5-18(17)12-19/h2-5,8-9,12,14-16,20H,6-7,10-11,13H2,1H3. The van der Waals surface area contributed by atoms with Gasteiger partial charge in [-0.15, -0.1) is 11.3 Å².